The van der Waals surface area contributed by atoms with E-state index < -0.39 is 5.97 Å². The molecule has 0 fully saturated rings. The summed E-state index contributed by atoms with van der Waals surface area (Å²) < 4.78 is 6.66. The summed E-state index contributed by atoms with van der Waals surface area (Å²) in [5.41, 5.74) is 0.620. The van der Waals surface area contributed by atoms with Crippen molar-refractivity contribution in [2.24, 2.45) is 0 Å². The average Bonchev–Trinajstić information content (AvgIpc) is 2.89. The van der Waals surface area contributed by atoms with E-state index in [0.29, 0.717) is 25.3 Å². The molecule has 6 nitrogen and oxygen atoms in total. The Labute approximate surface area is 127 Å². The lowest BCUT2D eigenvalue weighted by molar-refractivity contribution is 0.0688. The molecule has 2 rings (SSSR count). The predicted molar refractivity (Wildman–Crippen MR) is 79.7 cm³/mol. The van der Waals surface area contributed by atoms with Gasteiger partial charge in [0.2, 0.25) is 0 Å². The van der Waals surface area contributed by atoms with Crippen LogP contribution in [0.1, 0.15) is 16.2 Å². The van der Waals surface area contributed by atoms with Crippen molar-refractivity contribution in [3.8, 4) is 0 Å². The van der Waals surface area contributed by atoms with E-state index in [1.165, 1.54) is 4.90 Å². The predicted octanol–water partition coefficient (Wildman–Crippen LogP) is 1.96. The van der Waals surface area contributed by atoms with Crippen LogP contribution in [-0.4, -0.2) is 45.5 Å². The van der Waals surface area contributed by atoms with E-state index in [-0.39, 0.29) is 5.69 Å². The molecule has 2 aromatic rings. The lowest BCUT2D eigenvalue weighted by Crippen LogP contribution is -2.12. The Balaban J connectivity index is 2.00. The molecular formula is C14H17N3O3S. The maximum Gasteiger partial charge on any atom is 0.358 e. The summed E-state index contributed by atoms with van der Waals surface area (Å²) in [6.07, 6.45) is 0.487. The van der Waals surface area contributed by atoms with Gasteiger partial charge in [0.1, 0.15) is 0 Å². The quantitative estimate of drug-likeness (QED) is 0.751. The summed E-state index contributed by atoms with van der Waals surface area (Å²) in [7, 11) is 1.58. The van der Waals surface area contributed by atoms with Gasteiger partial charge >= 0.3 is 5.97 Å². The molecule has 0 saturated heterocycles. The Kier molecular flexibility index (Phi) is 5.77. The SMILES string of the molecule is COCCc1c(C(=O)O)nnn1CCSc1ccccc1. The van der Waals surface area contributed by atoms with Crippen molar-refractivity contribution < 1.29 is 14.6 Å². The van der Waals surface area contributed by atoms with Crippen LogP contribution in [0.3, 0.4) is 0 Å². The largest absolute Gasteiger partial charge is 0.476 e. The second-order valence-corrected chi connectivity index (χ2v) is 5.49. The molecule has 0 spiro atoms. The summed E-state index contributed by atoms with van der Waals surface area (Å²) in [6, 6.07) is 10.0. The third-order valence-corrected chi connectivity index (χ3v) is 3.89. The number of hydrogen-bond acceptors (Lipinski definition) is 5. The summed E-state index contributed by atoms with van der Waals surface area (Å²) >= 11 is 1.70. The second-order valence-electron chi connectivity index (χ2n) is 4.32. The standard InChI is InChI=1S/C14H17N3O3S/c1-20-9-7-12-13(14(18)19)15-16-17(12)8-10-21-11-5-3-2-4-6-11/h2-6H,7-10H2,1H3,(H,18,19). The van der Waals surface area contributed by atoms with E-state index >= 15 is 0 Å². The molecule has 1 heterocycles. The molecule has 0 bridgehead atoms. The zero-order valence-electron chi connectivity index (χ0n) is 11.7. The van der Waals surface area contributed by atoms with Gasteiger partial charge in [-0.1, -0.05) is 23.4 Å². The van der Waals surface area contributed by atoms with Gasteiger partial charge in [-0.05, 0) is 12.1 Å². The summed E-state index contributed by atoms with van der Waals surface area (Å²) in [5.74, 6) is -0.255. The first-order valence-corrected chi connectivity index (χ1v) is 7.53. The Hall–Kier alpha value is -1.86. The lowest BCUT2D eigenvalue weighted by atomic mass is 10.2. The number of hydrogen-bond donors (Lipinski definition) is 1. The van der Waals surface area contributed by atoms with Crippen LogP contribution in [0.5, 0.6) is 0 Å². The fraction of sp³-hybridized carbons (Fsp3) is 0.357. The highest BCUT2D eigenvalue weighted by Crippen LogP contribution is 2.17. The zero-order chi connectivity index (χ0) is 15.1. The Morgan fingerprint density at radius 1 is 1.38 bits per heavy atom. The van der Waals surface area contributed by atoms with Crippen LogP contribution in [0.2, 0.25) is 0 Å². The monoisotopic (exact) mass is 307 g/mol. The molecule has 1 aromatic carbocycles. The lowest BCUT2D eigenvalue weighted by Gasteiger charge is -2.06. The van der Waals surface area contributed by atoms with Gasteiger partial charge in [0.25, 0.3) is 0 Å². The number of thioether (sulfide) groups is 1. The number of carboxylic acids is 1. The van der Waals surface area contributed by atoms with Crippen LogP contribution >= 0.6 is 11.8 Å². The van der Waals surface area contributed by atoms with E-state index in [0.717, 1.165) is 5.75 Å². The molecule has 7 heteroatoms. The van der Waals surface area contributed by atoms with Gasteiger partial charge in [0.05, 0.1) is 18.8 Å². The topological polar surface area (TPSA) is 77.2 Å². The summed E-state index contributed by atoms with van der Waals surface area (Å²) in [4.78, 5) is 12.3. The van der Waals surface area contributed by atoms with Crippen molar-refractivity contribution in [3.63, 3.8) is 0 Å². The van der Waals surface area contributed by atoms with Crippen LogP contribution in [0.25, 0.3) is 0 Å². The van der Waals surface area contributed by atoms with Gasteiger partial charge in [-0.3, -0.25) is 0 Å². The average molecular weight is 307 g/mol. The van der Waals surface area contributed by atoms with Crippen molar-refractivity contribution in [2.45, 2.75) is 17.9 Å². The molecule has 0 saturated carbocycles. The maximum absolute atomic E-state index is 11.1. The third kappa shape index (κ3) is 4.30. The number of aromatic carboxylic acids is 1. The van der Waals surface area contributed by atoms with Gasteiger partial charge < -0.3 is 9.84 Å². The van der Waals surface area contributed by atoms with Gasteiger partial charge in [0, 0.05) is 24.2 Å². The second kappa shape index (κ2) is 7.80. The Morgan fingerprint density at radius 2 is 2.14 bits per heavy atom. The number of methoxy groups -OCH3 is 1. The Bertz CT molecular complexity index is 586. The zero-order valence-corrected chi connectivity index (χ0v) is 12.5. The first-order chi connectivity index (χ1) is 10.2. The number of aryl methyl sites for hydroxylation is 1. The first kappa shape index (κ1) is 15.5. The number of carboxylic acid groups (broad SMARTS) is 1. The summed E-state index contributed by atoms with van der Waals surface area (Å²) in [6.45, 7) is 1.05. The molecule has 0 aliphatic heterocycles. The normalized spacial score (nSPS) is 10.7. The van der Waals surface area contributed by atoms with Crippen molar-refractivity contribution in [2.75, 3.05) is 19.5 Å². The Morgan fingerprint density at radius 3 is 2.81 bits per heavy atom. The van der Waals surface area contributed by atoms with Gasteiger partial charge in [-0.2, -0.15) is 0 Å². The van der Waals surface area contributed by atoms with Crippen molar-refractivity contribution in [3.05, 3.63) is 41.7 Å². The molecule has 0 amide bonds. The fourth-order valence-electron chi connectivity index (χ4n) is 1.89. The van der Waals surface area contributed by atoms with E-state index in [4.69, 9.17) is 9.84 Å². The van der Waals surface area contributed by atoms with E-state index in [1.54, 1.807) is 23.6 Å². The number of rotatable bonds is 8. The molecule has 0 atom stereocenters. The maximum atomic E-state index is 11.1. The highest BCUT2D eigenvalue weighted by molar-refractivity contribution is 7.99. The molecule has 1 N–H and O–H groups in total. The highest BCUT2D eigenvalue weighted by Gasteiger charge is 2.18. The van der Waals surface area contributed by atoms with E-state index in [2.05, 4.69) is 10.3 Å². The molecule has 21 heavy (non-hydrogen) atoms. The van der Waals surface area contributed by atoms with Crippen molar-refractivity contribution >= 4 is 17.7 Å². The smallest absolute Gasteiger partial charge is 0.358 e. The number of nitrogens with zero attached hydrogens (tertiary/aromatic N) is 3. The van der Waals surface area contributed by atoms with Crippen LogP contribution < -0.4 is 0 Å². The molecule has 0 aliphatic rings. The van der Waals surface area contributed by atoms with Crippen LogP contribution in [0, 0.1) is 0 Å². The third-order valence-electron chi connectivity index (χ3n) is 2.90. The van der Waals surface area contributed by atoms with Crippen molar-refractivity contribution in [1.82, 2.24) is 15.0 Å². The minimum Gasteiger partial charge on any atom is -0.476 e. The minimum absolute atomic E-state index is 0.0109. The minimum atomic E-state index is -1.05. The van der Waals surface area contributed by atoms with Crippen LogP contribution in [0.15, 0.2) is 35.2 Å². The van der Waals surface area contributed by atoms with Crippen LogP contribution in [0.4, 0.5) is 0 Å². The van der Waals surface area contributed by atoms with E-state index in [9.17, 15) is 4.79 Å². The number of carbonyl (C=O) groups is 1. The van der Waals surface area contributed by atoms with Crippen molar-refractivity contribution in [1.29, 1.82) is 0 Å². The molecular weight excluding hydrogens is 290 g/mol. The van der Waals surface area contributed by atoms with Gasteiger partial charge in [-0.15, -0.1) is 16.9 Å². The molecule has 0 aliphatic carbocycles. The van der Waals surface area contributed by atoms with E-state index in [1.807, 2.05) is 30.3 Å². The fourth-order valence-corrected chi connectivity index (χ4v) is 2.74. The number of ether oxygens (including phenoxy) is 1. The molecule has 0 unspecified atom stereocenters. The number of aromatic nitrogens is 3. The molecule has 112 valence electrons. The number of benzene rings is 1. The van der Waals surface area contributed by atoms with Crippen LogP contribution in [-0.2, 0) is 17.7 Å². The molecule has 0 radical (unpaired) electrons. The van der Waals surface area contributed by atoms with Gasteiger partial charge in [-0.25, -0.2) is 9.48 Å². The van der Waals surface area contributed by atoms with Gasteiger partial charge in [0.15, 0.2) is 5.69 Å². The first-order valence-electron chi connectivity index (χ1n) is 6.55. The summed E-state index contributed by atoms with van der Waals surface area (Å²) in [5, 5.41) is 16.8. The molecule has 1 aromatic heterocycles. The highest BCUT2D eigenvalue weighted by atomic mass is 32.2.